The van der Waals surface area contributed by atoms with E-state index in [1.807, 2.05) is 0 Å². The van der Waals surface area contributed by atoms with E-state index in [1.165, 1.54) is 4.57 Å². The highest BCUT2D eigenvalue weighted by Gasteiger charge is 2.36. The summed E-state index contributed by atoms with van der Waals surface area (Å²) in [6.07, 6.45) is -0.670. The molecule has 2 aromatic carbocycles. The zero-order valence-corrected chi connectivity index (χ0v) is 17.5. The minimum atomic E-state index is -0.757. The zero-order chi connectivity index (χ0) is 21.8. The maximum atomic E-state index is 13.0. The van der Waals surface area contributed by atoms with Crippen LogP contribution in [0.5, 0.6) is 0 Å². The van der Waals surface area contributed by atoms with E-state index in [1.54, 1.807) is 63.2 Å². The van der Waals surface area contributed by atoms with Crippen molar-refractivity contribution in [3.63, 3.8) is 0 Å². The summed E-state index contributed by atoms with van der Waals surface area (Å²) in [6.45, 7) is 5.11. The van der Waals surface area contributed by atoms with Gasteiger partial charge in [-0.3, -0.25) is 14.5 Å². The highest BCUT2D eigenvalue weighted by molar-refractivity contribution is 6.36. The van der Waals surface area contributed by atoms with Gasteiger partial charge in [-0.15, -0.1) is 0 Å². The molecule has 8 heteroatoms. The van der Waals surface area contributed by atoms with Crippen LogP contribution in [0.2, 0.25) is 5.02 Å². The molecule has 7 nitrogen and oxygen atoms in total. The Balaban J connectivity index is 1.83. The summed E-state index contributed by atoms with van der Waals surface area (Å²) in [5, 5.41) is 0.846. The molecule has 1 aromatic heterocycles. The first-order valence-corrected chi connectivity index (χ1v) is 9.73. The van der Waals surface area contributed by atoms with Crippen LogP contribution in [0.4, 0.5) is 10.5 Å². The van der Waals surface area contributed by atoms with Crippen molar-refractivity contribution in [2.45, 2.75) is 32.9 Å². The third-order valence-electron chi connectivity index (χ3n) is 4.80. The molecule has 0 aliphatic carbocycles. The second kappa shape index (κ2) is 6.88. The van der Waals surface area contributed by atoms with Crippen molar-refractivity contribution >= 4 is 46.1 Å². The van der Waals surface area contributed by atoms with Crippen LogP contribution in [-0.2, 0) is 11.3 Å². The molecule has 0 fully saturated rings. The molecular weight excluding hydrogens is 406 g/mol. The van der Waals surface area contributed by atoms with Crippen molar-refractivity contribution in [3.05, 3.63) is 64.3 Å². The van der Waals surface area contributed by atoms with Crippen molar-refractivity contribution in [2.24, 2.45) is 0 Å². The average molecular weight is 426 g/mol. The number of rotatable bonds is 2. The molecule has 0 bridgehead atoms. The second-order valence-corrected chi connectivity index (χ2v) is 8.50. The predicted octanol–water partition coefficient (Wildman–Crippen LogP) is 4.46. The maximum absolute atomic E-state index is 13.0. The molecule has 1 aliphatic rings. The predicted molar refractivity (Wildman–Crippen MR) is 114 cm³/mol. The van der Waals surface area contributed by atoms with Crippen molar-refractivity contribution in [1.82, 2.24) is 9.47 Å². The van der Waals surface area contributed by atoms with Gasteiger partial charge in [0.1, 0.15) is 5.60 Å². The number of amides is 2. The number of nitrogen functional groups attached to an aromatic ring is 1. The number of carbonyl (C=O) groups is 3. The Morgan fingerprint density at radius 3 is 2.23 bits per heavy atom. The molecule has 30 heavy (non-hydrogen) atoms. The zero-order valence-electron chi connectivity index (χ0n) is 16.7. The number of hydrogen-bond acceptors (Lipinski definition) is 5. The number of anilines is 1. The lowest BCUT2D eigenvalue weighted by molar-refractivity contribution is 0.0521. The van der Waals surface area contributed by atoms with Crippen LogP contribution in [0.3, 0.4) is 0 Å². The Hall–Kier alpha value is -3.32. The lowest BCUT2D eigenvalue weighted by Crippen LogP contribution is -2.32. The average Bonchev–Trinajstić information content (AvgIpc) is 3.17. The number of halogens is 1. The molecular formula is C22H20ClN3O4. The minimum absolute atomic E-state index is 0.129. The molecule has 0 spiro atoms. The highest BCUT2D eigenvalue weighted by atomic mass is 35.5. The first-order chi connectivity index (χ1) is 14.1. The molecule has 2 heterocycles. The van der Waals surface area contributed by atoms with E-state index in [4.69, 9.17) is 22.1 Å². The van der Waals surface area contributed by atoms with Crippen LogP contribution in [0.15, 0.2) is 42.5 Å². The van der Waals surface area contributed by atoms with Gasteiger partial charge < -0.3 is 10.5 Å². The van der Waals surface area contributed by atoms with Crippen LogP contribution >= 0.6 is 11.6 Å². The normalized spacial score (nSPS) is 13.8. The number of fused-ring (bicyclic) bond motifs is 2. The van der Waals surface area contributed by atoms with Gasteiger partial charge in [-0.1, -0.05) is 23.7 Å². The highest BCUT2D eigenvalue weighted by Crippen LogP contribution is 2.34. The third kappa shape index (κ3) is 3.21. The first-order valence-electron chi connectivity index (χ1n) is 9.35. The second-order valence-electron chi connectivity index (χ2n) is 8.09. The SMILES string of the molecule is CC(C)(C)OC(=O)n1c(CN2C(=O)c3ccccc3C2=O)cc2c(N)ccc(Cl)c21. The molecule has 4 rings (SSSR count). The number of benzene rings is 2. The smallest absolute Gasteiger partial charge is 0.419 e. The lowest BCUT2D eigenvalue weighted by Gasteiger charge is -2.22. The van der Waals surface area contributed by atoms with Crippen LogP contribution in [0.25, 0.3) is 10.9 Å². The molecule has 2 N–H and O–H groups in total. The van der Waals surface area contributed by atoms with Crippen molar-refractivity contribution in [2.75, 3.05) is 5.73 Å². The van der Waals surface area contributed by atoms with Gasteiger partial charge in [-0.25, -0.2) is 9.36 Å². The molecule has 0 saturated carbocycles. The molecule has 0 radical (unpaired) electrons. The van der Waals surface area contributed by atoms with Crippen LogP contribution in [-0.4, -0.2) is 33.0 Å². The summed E-state index contributed by atoms with van der Waals surface area (Å²) in [7, 11) is 0. The number of ether oxygens (including phenoxy) is 1. The van der Waals surface area contributed by atoms with Crippen molar-refractivity contribution in [3.8, 4) is 0 Å². The summed E-state index contributed by atoms with van der Waals surface area (Å²) in [6, 6.07) is 11.5. The number of hydrogen-bond donors (Lipinski definition) is 1. The van der Waals surface area contributed by atoms with E-state index in [0.29, 0.717) is 38.4 Å². The standard InChI is InChI=1S/C22H20ClN3O4/c1-22(2,3)30-21(29)26-12(10-15-17(24)9-8-16(23)18(15)26)11-25-19(27)13-6-4-5-7-14(13)20(25)28/h4-10H,11,24H2,1-3H3. The Morgan fingerprint density at radius 1 is 1.07 bits per heavy atom. The Labute approximate surface area is 178 Å². The van der Waals surface area contributed by atoms with Crippen molar-refractivity contribution in [1.29, 1.82) is 0 Å². The minimum Gasteiger partial charge on any atom is -0.443 e. The number of imide groups is 1. The van der Waals surface area contributed by atoms with Gasteiger partial charge in [0, 0.05) is 11.1 Å². The van der Waals surface area contributed by atoms with Crippen molar-refractivity contribution < 1.29 is 19.1 Å². The molecule has 0 unspecified atom stereocenters. The largest absolute Gasteiger partial charge is 0.443 e. The number of nitrogens with two attached hydrogens (primary N) is 1. The van der Waals surface area contributed by atoms with Crippen LogP contribution < -0.4 is 5.73 Å². The van der Waals surface area contributed by atoms with E-state index >= 15 is 0 Å². The fourth-order valence-electron chi connectivity index (χ4n) is 3.53. The molecule has 2 amide bonds. The molecule has 0 atom stereocenters. The van der Waals surface area contributed by atoms with E-state index in [-0.39, 0.29) is 6.54 Å². The number of carbonyl (C=O) groups excluding carboxylic acids is 3. The van der Waals surface area contributed by atoms with Gasteiger partial charge in [0.15, 0.2) is 0 Å². The molecule has 3 aromatic rings. The van der Waals surface area contributed by atoms with E-state index in [2.05, 4.69) is 0 Å². The molecule has 0 saturated heterocycles. The van der Waals surface area contributed by atoms with Gasteiger partial charge in [0.25, 0.3) is 11.8 Å². The number of nitrogens with zero attached hydrogens (tertiary/aromatic N) is 2. The van der Waals surface area contributed by atoms with E-state index in [9.17, 15) is 14.4 Å². The number of aromatic nitrogens is 1. The summed E-state index contributed by atoms with van der Waals surface area (Å²) >= 11 is 6.38. The third-order valence-corrected chi connectivity index (χ3v) is 5.10. The van der Waals surface area contributed by atoms with Gasteiger partial charge in [0.05, 0.1) is 33.9 Å². The van der Waals surface area contributed by atoms with Gasteiger partial charge in [-0.05, 0) is 51.1 Å². The van der Waals surface area contributed by atoms with E-state index < -0.39 is 23.5 Å². The van der Waals surface area contributed by atoms with Crippen LogP contribution in [0.1, 0.15) is 47.2 Å². The monoisotopic (exact) mass is 425 g/mol. The summed E-state index contributed by atoms with van der Waals surface area (Å²) < 4.78 is 6.82. The summed E-state index contributed by atoms with van der Waals surface area (Å²) in [5.41, 5.74) is 7.16. The fourth-order valence-corrected chi connectivity index (χ4v) is 3.78. The van der Waals surface area contributed by atoms with Gasteiger partial charge in [0.2, 0.25) is 0 Å². The Kier molecular flexibility index (Phi) is 4.58. The van der Waals surface area contributed by atoms with Gasteiger partial charge in [-0.2, -0.15) is 0 Å². The maximum Gasteiger partial charge on any atom is 0.419 e. The topological polar surface area (TPSA) is 94.6 Å². The van der Waals surface area contributed by atoms with E-state index in [0.717, 1.165) is 4.90 Å². The summed E-state index contributed by atoms with van der Waals surface area (Å²) in [5.74, 6) is -0.841. The molecule has 1 aliphatic heterocycles. The molecule has 154 valence electrons. The summed E-state index contributed by atoms with van der Waals surface area (Å²) in [4.78, 5) is 39.7. The van der Waals surface area contributed by atoms with Gasteiger partial charge >= 0.3 is 6.09 Å². The quantitative estimate of drug-likeness (QED) is 0.483. The first kappa shape index (κ1) is 20.0. The Bertz CT molecular complexity index is 1190. The van der Waals surface area contributed by atoms with Crippen LogP contribution in [0, 0.1) is 0 Å². The lowest BCUT2D eigenvalue weighted by atomic mass is 10.1. The fraction of sp³-hybridized carbons (Fsp3) is 0.227. The Morgan fingerprint density at radius 2 is 1.67 bits per heavy atom.